The number of hydrogen-bond acceptors (Lipinski definition) is 4. The van der Waals surface area contributed by atoms with Crippen molar-refractivity contribution in [2.45, 2.75) is 46.0 Å². The van der Waals surface area contributed by atoms with Crippen molar-refractivity contribution in [1.82, 2.24) is 4.90 Å². The minimum atomic E-state index is -0.642. The molecule has 1 N–H and O–H groups in total. The van der Waals surface area contributed by atoms with E-state index in [4.69, 9.17) is 4.74 Å². The van der Waals surface area contributed by atoms with Crippen LogP contribution in [-0.2, 0) is 24.5 Å². The highest BCUT2D eigenvalue weighted by Gasteiger charge is 2.31. The largest absolute Gasteiger partial charge is 0.466 e. The van der Waals surface area contributed by atoms with Gasteiger partial charge in [-0.3, -0.25) is 14.4 Å². The van der Waals surface area contributed by atoms with Crippen LogP contribution in [0.1, 0.15) is 46.1 Å². The van der Waals surface area contributed by atoms with Crippen molar-refractivity contribution in [1.29, 1.82) is 0 Å². The molecule has 1 saturated heterocycles. The number of piperidine rings is 1. The molecule has 6 heteroatoms. The Morgan fingerprint density at radius 2 is 1.77 bits per heavy atom. The Hall–Kier alpha value is -2.37. The molecule has 1 aromatic carbocycles. The quantitative estimate of drug-likeness (QED) is 0.664. The van der Waals surface area contributed by atoms with Crippen molar-refractivity contribution < 1.29 is 19.1 Å². The summed E-state index contributed by atoms with van der Waals surface area (Å²) < 4.78 is 5.03. The van der Waals surface area contributed by atoms with E-state index < -0.39 is 11.8 Å². The fraction of sp³-hybridized carbons (Fsp3) is 0.550. The molecule has 0 aliphatic carbocycles. The Labute approximate surface area is 154 Å². The monoisotopic (exact) mass is 360 g/mol. The second-order valence-corrected chi connectivity index (χ2v) is 7.57. The predicted octanol–water partition coefficient (Wildman–Crippen LogP) is 2.72. The number of benzene rings is 1. The van der Waals surface area contributed by atoms with E-state index in [0.717, 1.165) is 5.56 Å². The maximum Gasteiger partial charge on any atom is 0.313 e. The summed E-state index contributed by atoms with van der Waals surface area (Å²) >= 11 is 0. The summed E-state index contributed by atoms with van der Waals surface area (Å²) in [7, 11) is 0. The summed E-state index contributed by atoms with van der Waals surface area (Å²) in [4.78, 5) is 38.2. The Morgan fingerprint density at radius 3 is 2.35 bits per heavy atom. The van der Waals surface area contributed by atoms with Crippen LogP contribution >= 0.6 is 0 Å². The predicted molar refractivity (Wildman–Crippen MR) is 99.7 cm³/mol. The first-order valence-corrected chi connectivity index (χ1v) is 9.10. The molecule has 1 fully saturated rings. The van der Waals surface area contributed by atoms with E-state index in [-0.39, 0.29) is 17.3 Å². The van der Waals surface area contributed by atoms with Gasteiger partial charge in [-0.05, 0) is 36.8 Å². The van der Waals surface area contributed by atoms with Gasteiger partial charge in [-0.2, -0.15) is 0 Å². The molecule has 0 atom stereocenters. The second kappa shape index (κ2) is 8.34. The van der Waals surface area contributed by atoms with Crippen LogP contribution in [0, 0.1) is 5.92 Å². The lowest BCUT2D eigenvalue weighted by molar-refractivity contribution is -0.152. The molecule has 0 saturated carbocycles. The van der Waals surface area contributed by atoms with Gasteiger partial charge >= 0.3 is 17.8 Å². The molecule has 0 aromatic heterocycles. The highest BCUT2D eigenvalue weighted by molar-refractivity contribution is 6.39. The number of esters is 1. The molecular weight excluding hydrogens is 332 g/mol. The molecule has 0 bridgehead atoms. The molecule has 1 aliphatic heterocycles. The maximum atomic E-state index is 12.5. The Balaban J connectivity index is 1.98. The van der Waals surface area contributed by atoms with Crippen LogP contribution in [-0.4, -0.2) is 42.4 Å². The van der Waals surface area contributed by atoms with E-state index in [9.17, 15) is 14.4 Å². The summed E-state index contributed by atoms with van der Waals surface area (Å²) in [5, 5.41) is 2.75. The fourth-order valence-electron chi connectivity index (χ4n) is 3.14. The number of carbonyl (C=O) groups excluding carboxylic acids is 3. The van der Waals surface area contributed by atoms with Gasteiger partial charge in [0.25, 0.3) is 0 Å². The normalized spacial score (nSPS) is 15.5. The van der Waals surface area contributed by atoms with Crippen molar-refractivity contribution in [3.63, 3.8) is 0 Å². The van der Waals surface area contributed by atoms with E-state index >= 15 is 0 Å². The number of nitrogens with zero attached hydrogens (tertiary/aromatic N) is 1. The van der Waals surface area contributed by atoms with Gasteiger partial charge in [-0.15, -0.1) is 0 Å². The molecule has 1 aliphatic rings. The first-order chi connectivity index (χ1) is 12.2. The van der Waals surface area contributed by atoms with Crippen molar-refractivity contribution in [3.8, 4) is 0 Å². The summed E-state index contributed by atoms with van der Waals surface area (Å²) in [5.74, 6) is -1.61. The van der Waals surface area contributed by atoms with E-state index in [0.29, 0.717) is 38.2 Å². The van der Waals surface area contributed by atoms with Crippen LogP contribution in [0.4, 0.5) is 5.69 Å². The van der Waals surface area contributed by atoms with E-state index in [2.05, 4.69) is 26.1 Å². The van der Waals surface area contributed by atoms with Crippen LogP contribution in [0.2, 0.25) is 0 Å². The number of amides is 2. The zero-order chi connectivity index (χ0) is 19.3. The molecule has 2 amide bonds. The Morgan fingerprint density at radius 1 is 1.15 bits per heavy atom. The maximum absolute atomic E-state index is 12.5. The van der Waals surface area contributed by atoms with Gasteiger partial charge in [0.05, 0.1) is 12.5 Å². The lowest BCUT2D eigenvalue weighted by atomic mass is 9.86. The number of likely N-dealkylation sites (tertiary alicyclic amines) is 1. The van der Waals surface area contributed by atoms with Crippen LogP contribution in [0.15, 0.2) is 24.3 Å². The molecule has 1 aromatic rings. The first-order valence-electron chi connectivity index (χ1n) is 9.10. The standard InChI is InChI=1S/C20H28N2O4/c1-5-26-19(25)14-10-12-22(13-11-14)18(24)17(23)21-16-9-7-6-8-15(16)20(2,3)4/h6-9,14H,5,10-13H2,1-4H3,(H,21,23). The number of para-hydroxylation sites is 1. The average molecular weight is 360 g/mol. The zero-order valence-corrected chi connectivity index (χ0v) is 16.0. The average Bonchev–Trinajstić information content (AvgIpc) is 2.61. The molecule has 142 valence electrons. The third-order valence-corrected chi connectivity index (χ3v) is 4.58. The van der Waals surface area contributed by atoms with E-state index in [1.807, 2.05) is 18.2 Å². The molecule has 2 rings (SSSR count). The topological polar surface area (TPSA) is 75.7 Å². The van der Waals surface area contributed by atoms with Gasteiger partial charge in [0.15, 0.2) is 0 Å². The van der Waals surface area contributed by atoms with Crippen LogP contribution in [0.5, 0.6) is 0 Å². The fourth-order valence-corrected chi connectivity index (χ4v) is 3.14. The van der Waals surface area contributed by atoms with Gasteiger partial charge in [-0.1, -0.05) is 39.0 Å². The summed E-state index contributed by atoms with van der Waals surface area (Å²) in [5.41, 5.74) is 1.48. The van der Waals surface area contributed by atoms with Gasteiger partial charge in [0, 0.05) is 18.8 Å². The second-order valence-electron chi connectivity index (χ2n) is 7.57. The molecule has 0 unspecified atom stereocenters. The minimum absolute atomic E-state index is 0.148. The number of carbonyl (C=O) groups is 3. The summed E-state index contributed by atoms with van der Waals surface area (Å²) in [6.45, 7) is 9.07. The van der Waals surface area contributed by atoms with Crippen molar-refractivity contribution in [2.75, 3.05) is 25.0 Å². The third kappa shape index (κ3) is 4.84. The molecule has 6 nitrogen and oxygen atoms in total. The first kappa shape index (κ1) is 19.9. The zero-order valence-electron chi connectivity index (χ0n) is 16.0. The highest BCUT2D eigenvalue weighted by atomic mass is 16.5. The van der Waals surface area contributed by atoms with Gasteiger partial charge in [0.1, 0.15) is 0 Å². The molecule has 1 heterocycles. The van der Waals surface area contributed by atoms with Crippen molar-refractivity contribution >= 4 is 23.5 Å². The van der Waals surface area contributed by atoms with E-state index in [1.54, 1.807) is 13.0 Å². The van der Waals surface area contributed by atoms with Crippen LogP contribution in [0.25, 0.3) is 0 Å². The SMILES string of the molecule is CCOC(=O)C1CCN(C(=O)C(=O)Nc2ccccc2C(C)(C)C)CC1. The number of rotatable bonds is 3. The third-order valence-electron chi connectivity index (χ3n) is 4.58. The number of hydrogen-bond donors (Lipinski definition) is 1. The number of ether oxygens (including phenoxy) is 1. The van der Waals surface area contributed by atoms with Crippen LogP contribution in [0.3, 0.4) is 0 Å². The van der Waals surface area contributed by atoms with Gasteiger partial charge in [0.2, 0.25) is 0 Å². The van der Waals surface area contributed by atoms with Gasteiger partial charge in [-0.25, -0.2) is 0 Å². The number of anilines is 1. The minimum Gasteiger partial charge on any atom is -0.466 e. The molecule has 26 heavy (non-hydrogen) atoms. The summed E-state index contributed by atoms with van der Waals surface area (Å²) in [6, 6.07) is 7.50. The Kier molecular flexibility index (Phi) is 6.40. The van der Waals surface area contributed by atoms with E-state index in [1.165, 1.54) is 4.90 Å². The summed E-state index contributed by atoms with van der Waals surface area (Å²) in [6.07, 6.45) is 1.05. The number of nitrogens with one attached hydrogen (secondary N) is 1. The highest BCUT2D eigenvalue weighted by Crippen LogP contribution is 2.29. The molecular formula is C20H28N2O4. The lowest BCUT2D eigenvalue weighted by Gasteiger charge is -2.30. The van der Waals surface area contributed by atoms with Crippen molar-refractivity contribution in [2.24, 2.45) is 5.92 Å². The lowest BCUT2D eigenvalue weighted by Crippen LogP contribution is -2.45. The van der Waals surface area contributed by atoms with Crippen molar-refractivity contribution in [3.05, 3.63) is 29.8 Å². The molecule has 0 spiro atoms. The molecule has 0 radical (unpaired) electrons. The van der Waals surface area contributed by atoms with Gasteiger partial charge < -0.3 is 15.0 Å². The smallest absolute Gasteiger partial charge is 0.313 e. The van der Waals surface area contributed by atoms with Crippen LogP contribution < -0.4 is 5.32 Å². The Bertz CT molecular complexity index is 671.